The predicted molar refractivity (Wildman–Crippen MR) is 145 cm³/mol. The van der Waals surface area contributed by atoms with E-state index in [1.54, 1.807) is 53.1 Å². The van der Waals surface area contributed by atoms with Gasteiger partial charge in [-0.1, -0.05) is 54.6 Å². The number of hydrogen-bond donors (Lipinski definition) is 1. The monoisotopic (exact) mass is 501 g/mol. The van der Waals surface area contributed by atoms with Crippen molar-refractivity contribution in [3.63, 3.8) is 0 Å². The van der Waals surface area contributed by atoms with Gasteiger partial charge in [-0.15, -0.1) is 11.8 Å². The Hall–Kier alpha value is -3.58. The van der Waals surface area contributed by atoms with Gasteiger partial charge in [-0.2, -0.15) is 0 Å². The molecule has 1 fully saturated rings. The molecule has 1 atom stereocenters. The molecule has 186 valence electrons. The van der Waals surface area contributed by atoms with E-state index in [0.29, 0.717) is 42.2 Å². The fourth-order valence-corrected chi connectivity index (χ4v) is 5.54. The summed E-state index contributed by atoms with van der Waals surface area (Å²) in [5, 5.41) is 2.83. The lowest BCUT2D eigenvalue weighted by Crippen LogP contribution is -2.31. The van der Waals surface area contributed by atoms with E-state index in [0.717, 1.165) is 12.0 Å². The van der Waals surface area contributed by atoms with E-state index >= 15 is 0 Å². The fraction of sp³-hybridized carbons (Fsp3) is 0.276. The van der Waals surface area contributed by atoms with Gasteiger partial charge in [-0.3, -0.25) is 14.4 Å². The number of nitrogens with zero attached hydrogens (tertiary/aromatic N) is 2. The minimum atomic E-state index is -0.280. The summed E-state index contributed by atoms with van der Waals surface area (Å²) in [6.45, 7) is 5.72. The summed E-state index contributed by atoms with van der Waals surface area (Å²) in [6, 6.07) is 24.6. The maximum absolute atomic E-state index is 13.0. The van der Waals surface area contributed by atoms with Crippen molar-refractivity contribution in [3.8, 4) is 0 Å². The first kappa shape index (κ1) is 25.5. The zero-order valence-corrected chi connectivity index (χ0v) is 21.5. The molecular weight excluding hydrogens is 470 g/mol. The molecule has 1 saturated heterocycles. The summed E-state index contributed by atoms with van der Waals surface area (Å²) >= 11 is 1.61. The molecular formula is C29H31N3O3S. The minimum absolute atomic E-state index is 0.0641. The normalized spacial score (nSPS) is 15.1. The van der Waals surface area contributed by atoms with E-state index in [4.69, 9.17) is 0 Å². The van der Waals surface area contributed by atoms with Crippen LogP contribution < -0.4 is 5.32 Å². The van der Waals surface area contributed by atoms with Gasteiger partial charge in [-0.25, -0.2) is 0 Å². The van der Waals surface area contributed by atoms with Crippen molar-refractivity contribution < 1.29 is 14.4 Å². The van der Waals surface area contributed by atoms with Crippen molar-refractivity contribution in [2.45, 2.75) is 25.6 Å². The molecule has 36 heavy (non-hydrogen) atoms. The van der Waals surface area contributed by atoms with Gasteiger partial charge in [0.05, 0.1) is 17.0 Å². The lowest BCUT2D eigenvalue weighted by atomic mass is 10.1. The highest BCUT2D eigenvalue weighted by Gasteiger charge is 2.32. The Labute approximate surface area is 216 Å². The van der Waals surface area contributed by atoms with Crippen LogP contribution in [0.1, 0.15) is 51.1 Å². The van der Waals surface area contributed by atoms with E-state index in [2.05, 4.69) is 17.4 Å². The predicted octanol–water partition coefficient (Wildman–Crippen LogP) is 5.24. The van der Waals surface area contributed by atoms with Crippen molar-refractivity contribution in [1.82, 2.24) is 9.80 Å². The molecule has 1 aliphatic heterocycles. The minimum Gasteiger partial charge on any atom is -0.339 e. The number of carbonyl (C=O) groups is 3. The molecule has 3 aromatic carbocycles. The number of amides is 3. The van der Waals surface area contributed by atoms with Crippen LogP contribution in [-0.4, -0.2) is 52.9 Å². The molecule has 0 radical (unpaired) electrons. The fourth-order valence-electron chi connectivity index (χ4n) is 4.32. The molecule has 3 aromatic rings. The molecule has 0 saturated carbocycles. The van der Waals surface area contributed by atoms with E-state index in [-0.39, 0.29) is 23.1 Å². The summed E-state index contributed by atoms with van der Waals surface area (Å²) in [5.41, 5.74) is 3.66. The van der Waals surface area contributed by atoms with Crippen LogP contribution in [-0.2, 0) is 11.2 Å². The van der Waals surface area contributed by atoms with Crippen LogP contribution in [0.5, 0.6) is 0 Å². The number of benzene rings is 3. The van der Waals surface area contributed by atoms with Crippen LogP contribution in [0.15, 0.2) is 78.9 Å². The van der Waals surface area contributed by atoms with Crippen LogP contribution in [0.3, 0.4) is 0 Å². The third-order valence-corrected chi connectivity index (χ3v) is 7.62. The number of carbonyl (C=O) groups excluding carboxylic acids is 3. The third-order valence-electron chi connectivity index (χ3n) is 6.37. The van der Waals surface area contributed by atoms with Gasteiger partial charge in [0.25, 0.3) is 11.8 Å². The molecule has 1 N–H and O–H groups in total. The van der Waals surface area contributed by atoms with Crippen LogP contribution in [0.4, 0.5) is 5.69 Å². The van der Waals surface area contributed by atoms with Crippen molar-refractivity contribution in [2.75, 3.05) is 30.7 Å². The van der Waals surface area contributed by atoms with Crippen LogP contribution in [0.25, 0.3) is 0 Å². The molecule has 0 aromatic heterocycles. The highest BCUT2D eigenvalue weighted by atomic mass is 32.2. The Morgan fingerprint density at radius 3 is 2.31 bits per heavy atom. The summed E-state index contributed by atoms with van der Waals surface area (Å²) in [6.07, 6.45) is 0.801. The number of hydrogen-bond acceptors (Lipinski definition) is 4. The second-order valence-corrected chi connectivity index (χ2v) is 9.65. The van der Waals surface area contributed by atoms with Gasteiger partial charge in [0.1, 0.15) is 5.37 Å². The number of rotatable bonds is 9. The SMILES string of the molecule is CCN(CC)C(=O)c1ccccc1NC(=O)c1ccc([C@@H]2SCC(=O)N2CCc2ccccc2)cc1. The van der Waals surface area contributed by atoms with Crippen molar-refractivity contribution in [1.29, 1.82) is 0 Å². The third kappa shape index (κ3) is 5.79. The highest BCUT2D eigenvalue weighted by Crippen LogP contribution is 2.38. The van der Waals surface area contributed by atoms with Gasteiger partial charge < -0.3 is 15.1 Å². The van der Waals surface area contributed by atoms with Crippen molar-refractivity contribution in [2.24, 2.45) is 0 Å². The smallest absolute Gasteiger partial charge is 0.255 e. The summed E-state index contributed by atoms with van der Waals surface area (Å²) in [7, 11) is 0. The Bertz CT molecular complexity index is 1210. The quantitative estimate of drug-likeness (QED) is 0.436. The molecule has 1 aliphatic rings. The number of para-hydroxylation sites is 1. The van der Waals surface area contributed by atoms with Gasteiger partial charge in [0, 0.05) is 25.2 Å². The first-order chi connectivity index (χ1) is 17.5. The van der Waals surface area contributed by atoms with E-state index in [1.807, 2.05) is 49.1 Å². The maximum atomic E-state index is 13.0. The lowest BCUT2D eigenvalue weighted by Gasteiger charge is -2.24. The molecule has 0 bridgehead atoms. The van der Waals surface area contributed by atoms with Crippen molar-refractivity contribution in [3.05, 3.63) is 101 Å². The Kier molecular flexibility index (Phi) is 8.44. The van der Waals surface area contributed by atoms with Crippen LogP contribution in [0, 0.1) is 0 Å². The maximum Gasteiger partial charge on any atom is 0.255 e. The largest absolute Gasteiger partial charge is 0.339 e. The average Bonchev–Trinajstić information content (AvgIpc) is 3.29. The molecule has 4 rings (SSSR count). The average molecular weight is 502 g/mol. The Balaban J connectivity index is 1.45. The standard InChI is InChI=1S/C29H31N3O3S/c1-3-31(4-2)28(35)24-12-8-9-13-25(24)30-27(34)22-14-16-23(17-15-22)29-32(26(33)20-36-29)19-18-21-10-6-5-7-11-21/h5-17,29H,3-4,18-20H2,1-2H3,(H,30,34)/t29-/m0/s1. The second kappa shape index (κ2) is 11.9. The number of nitrogens with one attached hydrogen (secondary N) is 1. The van der Waals surface area contributed by atoms with Gasteiger partial charge in [0.15, 0.2) is 0 Å². The van der Waals surface area contributed by atoms with E-state index < -0.39 is 0 Å². The molecule has 0 unspecified atom stereocenters. The first-order valence-corrected chi connectivity index (χ1v) is 13.3. The molecule has 7 heteroatoms. The Morgan fingerprint density at radius 2 is 1.61 bits per heavy atom. The highest BCUT2D eigenvalue weighted by molar-refractivity contribution is 8.00. The number of thioether (sulfide) groups is 1. The molecule has 6 nitrogen and oxygen atoms in total. The van der Waals surface area contributed by atoms with Gasteiger partial charge in [-0.05, 0) is 55.7 Å². The summed E-state index contributed by atoms with van der Waals surface area (Å²) in [5.74, 6) is 0.207. The topological polar surface area (TPSA) is 69.7 Å². The van der Waals surface area contributed by atoms with Crippen LogP contribution >= 0.6 is 11.8 Å². The van der Waals surface area contributed by atoms with E-state index in [1.165, 1.54) is 5.56 Å². The number of anilines is 1. The molecule has 0 spiro atoms. The van der Waals surface area contributed by atoms with E-state index in [9.17, 15) is 14.4 Å². The summed E-state index contributed by atoms with van der Waals surface area (Å²) < 4.78 is 0. The Morgan fingerprint density at radius 1 is 0.944 bits per heavy atom. The first-order valence-electron chi connectivity index (χ1n) is 12.3. The van der Waals surface area contributed by atoms with Gasteiger partial charge >= 0.3 is 0 Å². The summed E-state index contributed by atoms with van der Waals surface area (Å²) in [4.78, 5) is 42.1. The molecule has 3 amide bonds. The lowest BCUT2D eigenvalue weighted by molar-refractivity contribution is -0.128. The van der Waals surface area contributed by atoms with Gasteiger partial charge in [0.2, 0.25) is 5.91 Å². The van der Waals surface area contributed by atoms with Crippen molar-refractivity contribution >= 4 is 35.2 Å². The van der Waals surface area contributed by atoms with Crippen LogP contribution in [0.2, 0.25) is 0 Å². The molecule has 0 aliphatic carbocycles. The zero-order valence-electron chi connectivity index (χ0n) is 20.6. The zero-order chi connectivity index (χ0) is 25.5. The second-order valence-electron chi connectivity index (χ2n) is 8.59. The molecule has 1 heterocycles.